The summed E-state index contributed by atoms with van der Waals surface area (Å²) in [6.07, 6.45) is 20.5. The van der Waals surface area contributed by atoms with Crippen molar-refractivity contribution in [1.29, 1.82) is 0 Å². The van der Waals surface area contributed by atoms with E-state index in [9.17, 15) is 9.59 Å². The molecule has 0 atom stereocenters. The van der Waals surface area contributed by atoms with E-state index in [1.807, 2.05) is 13.8 Å². The SMILES string of the molecule is CCCCCCCCN(CCCCCCCC(=O)OCCCCCCC)CCCNC(=O)OC(C)C. The number of esters is 1. The molecule has 0 rings (SSSR count). The van der Waals surface area contributed by atoms with Gasteiger partial charge in [0.25, 0.3) is 0 Å². The van der Waals surface area contributed by atoms with Crippen LogP contribution in [-0.4, -0.2) is 55.9 Å². The summed E-state index contributed by atoms with van der Waals surface area (Å²) < 4.78 is 10.5. The minimum absolute atomic E-state index is 0.0264. The topological polar surface area (TPSA) is 67.9 Å². The molecule has 0 aromatic heterocycles. The molecule has 0 bridgehead atoms. The molecule has 0 fully saturated rings. The van der Waals surface area contributed by atoms with Crippen molar-refractivity contribution in [1.82, 2.24) is 10.2 Å². The quantitative estimate of drug-likeness (QED) is 0.0938. The Kier molecular flexibility index (Phi) is 25.8. The van der Waals surface area contributed by atoms with Crippen molar-refractivity contribution >= 4 is 12.1 Å². The fourth-order valence-corrected chi connectivity index (χ4v) is 4.30. The molecular weight excluding hydrogens is 452 g/mol. The monoisotopic (exact) mass is 512 g/mol. The second kappa shape index (κ2) is 26.8. The number of carbonyl (C=O) groups excluding carboxylic acids is 2. The van der Waals surface area contributed by atoms with Gasteiger partial charge >= 0.3 is 12.1 Å². The van der Waals surface area contributed by atoms with Crippen LogP contribution in [0.1, 0.15) is 143 Å². The van der Waals surface area contributed by atoms with Gasteiger partial charge in [0.05, 0.1) is 12.7 Å². The van der Waals surface area contributed by atoms with Gasteiger partial charge in [-0.25, -0.2) is 4.79 Å². The smallest absolute Gasteiger partial charge is 0.407 e. The molecule has 0 radical (unpaired) electrons. The summed E-state index contributed by atoms with van der Waals surface area (Å²) in [6, 6.07) is 0. The molecule has 0 aromatic rings. The van der Waals surface area contributed by atoms with Crippen LogP contribution >= 0.6 is 0 Å². The second-order valence-corrected chi connectivity index (χ2v) is 10.5. The maximum absolute atomic E-state index is 11.9. The van der Waals surface area contributed by atoms with Crippen LogP contribution < -0.4 is 5.32 Å². The van der Waals surface area contributed by atoms with E-state index in [-0.39, 0.29) is 18.2 Å². The highest BCUT2D eigenvalue weighted by atomic mass is 16.6. The van der Waals surface area contributed by atoms with E-state index in [0.717, 1.165) is 51.7 Å². The molecule has 6 heteroatoms. The highest BCUT2D eigenvalue weighted by molar-refractivity contribution is 5.69. The number of nitrogens with zero attached hydrogens (tertiary/aromatic N) is 1. The maximum Gasteiger partial charge on any atom is 0.407 e. The Labute approximate surface area is 223 Å². The van der Waals surface area contributed by atoms with Crippen LogP contribution in [0.2, 0.25) is 0 Å². The third-order valence-electron chi connectivity index (χ3n) is 6.46. The number of amides is 1. The zero-order valence-corrected chi connectivity index (χ0v) is 24.4. The molecule has 1 N–H and O–H groups in total. The first kappa shape index (κ1) is 34.7. The normalized spacial score (nSPS) is 11.3. The van der Waals surface area contributed by atoms with E-state index >= 15 is 0 Å². The first-order chi connectivity index (χ1) is 17.5. The minimum Gasteiger partial charge on any atom is -0.466 e. The first-order valence-electron chi connectivity index (χ1n) is 15.3. The van der Waals surface area contributed by atoms with Crippen molar-refractivity contribution in [3.63, 3.8) is 0 Å². The molecule has 0 spiro atoms. The Morgan fingerprint density at radius 1 is 0.667 bits per heavy atom. The van der Waals surface area contributed by atoms with Crippen LogP contribution in [0.25, 0.3) is 0 Å². The predicted molar refractivity (Wildman–Crippen MR) is 151 cm³/mol. The molecule has 0 saturated carbocycles. The number of carbonyl (C=O) groups is 2. The van der Waals surface area contributed by atoms with Gasteiger partial charge in [0.1, 0.15) is 0 Å². The number of alkyl carbamates (subject to hydrolysis) is 1. The van der Waals surface area contributed by atoms with E-state index in [2.05, 4.69) is 24.1 Å². The number of nitrogens with one attached hydrogen (secondary N) is 1. The standard InChI is InChI=1S/C30H60N2O4/c1-5-7-9-11-14-18-24-32(26-21-23-31-30(34)36-28(3)4)25-19-15-12-13-17-22-29(33)35-27-20-16-10-8-6-2/h28H,5-27H2,1-4H3,(H,31,34). The average molecular weight is 513 g/mol. The average Bonchev–Trinajstić information content (AvgIpc) is 2.84. The molecule has 36 heavy (non-hydrogen) atoms. The van der Waals surface area contributed by atoms with Crippen molar-refractivity contribution < 1.29 is 19.1 Å². The van der Waals surface area contributed by atoms with Crippen LogP contribution in [0.15, 0.2) is 0 Å². The van der Waals surface area contributed by atoms with E-state index < -0.39 is 0 Å². The first-order valence-corrected chi connectivity index (χ1v) is 15.3. The summed E-state index contributed by atoms with van der Waals surface area (Å²) in [7, 11) is 0. The summed E-state index contributed by atoms with van der Waals surface area (Å²) in [5.41, 5.74) is 0. The van der Waals surface area contributed by atoms with Crippen LogP contribution in [0.4, 0.5) is 4.79 Å². The highest BCUT2D eigenvalue weighted by Gasteiger charge is 2.08. The summed E-state index contributed by atoms with van der Waals surface area (Å²) in [5.74, 6) is -0.0264. The van der Waals surface area contributed by atoms with E-state index in [1.54, 1.807) is 0 Å². The van der Waals surface area contributed by atoms with Gasteiger partial charge in [-0.05, 0) is 65.6 Å². The van der Waals surface area contributed by atoms with Crippen molar-refractivity contribution in [2.24, 2.45) is 0 Å². The number of rotatable bonds is 26. The van der Waals surface area contributed by atoms with Crippen LogP contribution in [0.3, 0.4) is 0 Å². The van der Waals surface area contributed by atoms with Crippen LogP contribution in [0, 0.1) is 0 Å². The lowest BCUT2D eigenvalue weighted by molar-refractivity contribution is -0.143. The largest absolute Gasteiger partial charge is 0.466 e. The van der Waals surface area contributed by atoms with Crippen molar-refractivity contribution in [3.05, 3.63) is 0 Å². The summed E-state index contributed by atoms with van der Waals surface area (Å²) in [6.45, 7) is 12.7. The Bertz CT molecular complexity index is 499. The number of hydrogen-bond donors (Lipinski definition) is 1. The van der Waals surface area contributed by atoms with Gasteiger partial charge in [-0.15, -0.1) is 0 Å². The predicted octanol–water partition coefficient (Wildman–Crippen LogP) is 8.03. The molecule has 0 aliphatic rings. The van der Waals surface area contributed by atoms with E-state index in [1.165, 1.54) is 77.0 Å². The second-order valence-electron chi connectivity index (χ2n) is 10.5. The number of hydrogen-bond acceptors (Lipinski definition) is 5. The number of unbranched alkanes of at least 4 members (excludes halogenated alkanes) is 13. The molecule has 214 valence electrons. The Morgan fingerprint density at radius 2 is 1.17 bits per heavy atom. The van der Waals surface area contributed by atoms with Gasteiger partial charge in [0.15, 0.2) is 0 Å². The molecule has 1 amide bonds. The minimum atomic E-state index is -0.316. The fourth-order valence-electron chi connectivity index (χ4n) is 4.30. The summed E-state index contributed by atoms with van der Waals surface area (Å²) in [4.78, 5) is 26.1. The van der Waals surface area contributed by atoms with Gasteiger partial charge < -0.3 is 19.7 Å². The zero-order valence-electron chi connectivity index (χ0n) is 24.4. The fraction of sp³-hybridized carbons (Fsp3) is 0.933. The van der Waals surface area contributed by atoms with Gasteiger partial charge in [-0.2, -0.15) is 0 Å². The molecule has 0 saturated heterocycles. The third-order valence-corrected chi connectivity index (χ3v) is 6.46. The van der Waals surface area contributed by atoms with Crippen molar-refractivity contribution in [2.75, 3.05) is 32.8 Å². The number of ether oxygens (including phenoxy) is 2. The molecule has 0 aliphatic heterocycles. The molecule has 6 nitrogen and oxygen atoms in total. The summed E-state index contributed by atoms with van der Waals surface area (Å²) >= 11 is 0. The van der Waals surface area contributed by atoms with Crippen molar-refractivity contribution in [3.8, 4) is 0 Å². The molecule has 0 heterocycles. The lowest BCUT2D eigenvalue weighted by Crippen LogP contribution is -2.32. The van der Waals surface area contributed by atoms with Gasteiger partial charge in [0.2, 0.25) is 0 Å². The third kappa shape index (κ3) is 25.8. The van der Waals surface area contributed by atoms with Crippen molar-refractivity contribution in [2.45, 2.75) is 149 Å². The highest BCUT2D eigenvalue weighted by Crippen LogP contribution is 2.10. The zero-order chi connectivity index (χ0) is 26.7. The molecule has 0 aliphatic carbocycles. The Balaban J connectivity index is 3.94. The molecule has 0 unspecified atom stereocenters. The lowest BCUT2D eigenvalue weighted by atomic mass is 10.1. The van der Waals surface area contributed by atoms with Gasteiger partial charge in [-0.1, -0.05) is 90.9 Å². The molecule has 0 aromatic carbocycles. The van der Waals surface area contributed by atoms with Crippen LogP contribution in [0.5, 0.6) is 0 Å². The summed E-state index contributed by atoms with van der Waals surface area (Å²) in [5, 5.41) is 2.86. The van der Waals surface area contributed by atoms with E-state index in [0.29, 0.717) is 19.6 Å². The maximum atomic E-state index is 11.9. The van der Waals surface area contributed by atoms with Gasteiger partial charge in [0, 0.05) is 13.0 Å². The Hall–Kier alpha value is -1.30. The van der Waals surface area contributed by atoms with Gasteiger partial charge in [-0.3, -0.25) is 4.79 Å². The van der Waals surface area contributed by atoms with E-state index in [4.69, 9.17) is 9.47 Å². The lowest BCUT2D eigenvalue weighted by Gasteiger charge is -2.22. The van der Waals surface area contributed by atoms with Crippen LogP contribution in [-0.2, 0) is 14.3 Å². The molecular formula is C30H60N2O4. The Morgan fingerprint density at radius 3 is 1.75 bits per heavy atom.